The molecule has 1 aliphatic rings. The normalized spacial score (nSPS) is 14.5. The predicted molar refractivity (Wildman–Crippen MR) is 151 cm³/mol. The minimum Gasteiger partial charge on any atom is -0.468 e. The van der Waals surface area contributed by atoms with Crippen molar-refractivity contribution in [1.82, 2.24) is 0 Å². The maximum atomic E-state index is 13.7. The first kappa shape index (κ1) is 26.3. The van der Waals surface area contributed by atoms with E-state index in [9.17, 15) is 9.59 Å². The van der Waals surface area contributed by atoms with E-state index >= 15 is 0 Å². The van der Waals surface area contributed by atoms with E-state index in [1.165, 1.54) is 35.9 Å². The third-order valence-corrected chi connectivity index (χ3v) is 7.29. The third-order valence-electron chi connectivity index (χ3n) is 7.29. The maximum Gasteiger partial charge on any atom is 0.325 e. The Morgan fingerprint density at radius 1 is 0.865 bits per heavy atom. The lowest BCUT2D eigenvalue weighted by Gasteiger charge is -2.36. The Morgan fingerprint density at radius 3 is 2.11 bits per heavy atom. The number of nitrogens with one attached hydrogen (secondary N) is 2. The quantitative estimate of drug-likeness (QED) is 0.346. The van der Waals surface area contributed by atoms with Crippen LogP contribution >= 0.6 is 0 Å². The van der Waals surface area contributed by atoms with Gasteiger partial charge in [-0.1, -0.05) is 61.7 Å². The second kappa shape index (κ2) is 12.0. The zero-order valence-corrected chi connectivity index (χ0v) is 22.0. The molecular formula is C31H37N3O3. The van der Waals surface area contributed by atoms with Crippen LogP contribution in [0.4, 0.5) is 17.1 Å². The van der Waals surface area contributed by atoms with Gasteiger partial charge in [0, 0.05) is 31.2 Å². The van der Waals surface area contributed by atoms with E-state index < -0.39 is 5.41 Å². The van der Waals surface area contributed by atoms with Gasteiger partial charge in [-0.2, -0.15) is 0 Å². The summed E-state index contributed by atoms with van der Waals surface area (Å²) >= 11 is 0. The average molecular weight is 500 g/mol. The number of carbonyl (C=O) groups excluding carboxylic acids is 2. The van der Waals surface area contributed by atoms with E-state index in [-0.39, 0.29) is 18.4 Å². The molecular weight excluding hydrogens is 462 g/mol. The molecule has 1 saturated carbocycles. The molecule has 6 heteroatoms. The van der Waals surface area contributed by atoms with Crippen molar-refractivity contribution in [3.8, 4) is 11.1 Å². The molecule has 0 spiro atoms. The topological polar surface area (TPSA) is 70.7 Å². The van der Waals surface area contributed by atoms with Crippen LogP contribution in [0.1, 0.15) is 37.7 Å². The smallest absolute Gasteiger partial charge is 0.325 e. The molecule has 2 N–H and O–H groups in total. The number of ether oxygens (including phenoxy) is 1. The van der Waals surface area contributed by atoms with E-state index in [1.54, 1.807) is 0 Å². The van der Waals surface area contributed by atoms with Crippen LogP contribution in [0.3, 0.4) is 0 Å². The van der Waals surface area contributed by atoms with Crippen LogP contribution in [0.25, 0.3) is 11.1 Å². The van der Waals surface area contributed by atoms with Crippen LogP contribution < -0.4 is 15.5 Å². The number of esters is 1. The number of carbonyl (C=O) groups is 2. The highest BCUT2D eigenvalue weighted by molar-refractivity contribution is 5.96. The molecule has 0 atom stereocenters. The number of amides is 1. The molecule has 1 amide bonds. The monoisotopic (exact) mass is 499 g/mol. The Morgan fingerprint density at radius 2 is 1.49 bits per heavy atom. The first-order valence-electron chi connectivity index (χ1n) is 13.0. The van der Waals surface area contributed by atoms with Crippen molar-refractivity contribution in [1.29, 1.82) is 0 Å². The summed E-state index contributed by atoms with van der Waals surface area (Å²) < 4.78 is 4.69. The van der Waals surface area contributed by atoms with E-state index in [1.807, 2.05) is 38.4 Å². The number of rotatable bonds is 9. The molecule has 4 rings (SSSR count). The molecule has 0 aromatic heterocycles. The highest BCUT2D eigenvalue weighted by Crippen LogP contribution is 2.41. The molecule has 3 aromatic carbocycles. The summed E-state index contributed by atoms with van der Waals surface area (Å²) in [6.45, 7) is 0.0770. The van der Waals surface area contributed by atoms with Crippen LogP contribution in [0.15, 0.2) is 72.8 Å². The molecule has 194 valence electrons. The number of hydrogen-bond acceptors (Lipinski definition) is 5. The summed E-state index contributed by atoms with van der Waals surface area (Å²) in [5, 5.41) is 6.20. The molecule has 1 fully saturated rings. The van der Waals surface area contributed by atoms with Gasteiger partial charge in [0.2, 0.25) is 5.91 Å². The van der Waals surface area contributed by atoms with Gasteiger partial charge in [0.05, 0.1) is 12.5 Å². The maximum absolute atomic E-state index is 13.7. The Kier molecular flexibility index (Phi) is 8.49. The van der Waals surface area contributed by atoms with Crippen LogP contribution in [0, 0.1) is 5.41 Å². The van der Waals surface area contributed by atoms with Gasteiger partial charge in [-0.3, -0.25) is 9.59 Å². The largest absolute Gasteiger partial charge is 0.468 e. The molecule has 3 aromatic rings. The first-order chi connectivity index (χ1) is 17.9. The van der Waals surface area contributed by atoms with Gasteiger partial charge in [-0.15, -0.1) is 0 Å². The van der Waals surface area contributed by atoms with Crippen molar-refractivity contribution in [2.75, 3.05) is 43.3 Å². The minimum atomic E-state index is -0.428. The molecule has 37 heavy (non-hydrogen) atoms. The Labute approximate surface area is 220 Å². The summed E-state index contributed by atoms with van der Waals surface area (Å²) in [4.78, 5) is 27.2. The number of benzene rings is 3. The van der Waals surface area contributed by atoms with Crippen molar-refractivity contribution >= 4 is 28.9 Å². The van der Waals surface area contributed by atoms with Gasteiger partial charge < -0.3 is 20.3 Å². The van der Waals surface area contributed by atoms with Gasteiger partial charge in [0.25, 0.3) is 0 Å². The summed E-state index contributed by atoms with van der Waals surface area (Å²) in [6, 6.07) is 24.7. The van der Waals surface area contributed by atoms with Crippen molar-refractivity contribution in [2.45, 2.75) is 38.5 Å². The lowest BCUT2D eigenvalue weighted by molar-refractivity contribution is -0.138. The van der Waals surface area contributed by atoms with E-state index in [2.05, 4.69) is 68.8 Å². The van der Waals surface area contributed by atoms with E-state index in [0.29, 0.717) is 0 Å². The van der Waals surface area contributed by atoms with Gasteiger partial charge in [-0.25, -0.2) is 0 Å². The molecule has 0 radical (unpaired) electrons. The summed E-state index contributed by atoms with van der Waals surface area (Å²) in [5.74, 6) is -0.270. The second-order valence-corrected chi connectivity index (χ2v) is 10.1. The molecule has 0 saturated heterocycles. The third kappa shape index (κ3) is 6.70. The molecule has 0 aliphatic heterocycles. The molecule has 6 nitrogen and oxygen atoms in total. The van der Waals surface area contributed by atoms with Crippen LogP contribution in [-0.2, 0) is 20.7 Å². The average Bonchev–Trinajstić information content (AvgIpc) is 2.93. The highest BCUT2D eigenvalue weighted by atomic mass is 16.5. The zero-order valence-electron chi connectivity index (χ0n) is 22.0. The SMILES string of the molecule is COC(=O)CNc1cccc(NC(=O)C2(Cc3ccc(-c4ccc(N(C)C)cc4)cc3)CCCCC2)c1. The first-order valence-corrected chi connectivity index (χ1v) is 13.0. The molecule has 0 bridgehead atoms. The van der Waals surface area contributed by atoms with Gasteiger partial charge >= 0.3 is 5.97 Å². The predicted octanol–water partition coefficient (Wildman–Crippen LogP) is 6.14. The van der Waals surface area contributed by atoms with Crippen molar-refractivity contribution in [3.05, 3.63) is 78.4 Å². The van der Waals surface area contributed by atoms with Crippen molar-refractivity contribution in [3.63, 3.8) is 0 Å². The summed E-state index contributed by atoms with van der Waals surface area (Å²) in [5.41, 5.74) is 5.77. The fourth-order valence-electron chi connectivity index (χ4n) is 5.09. The zero-order chi connectivity index (χ0) is 26.3. The van der Waals surface area contributed by atoms with E-state index in [0.717, 1.165) is 43.5 Å². The van der Waals surface area contributed by atoms with Crippen LogP contribution in [0.5, 0.6) is 0 Å². The van der Waals surface area contributed by atoms with Crippen LogP contribution in [0.2, 0.25) is 0 Å². The Bertz CT molecular complexity index is 1200. The number of nitrogens with zero attached hydrogens (tertiary/aromatic N) is 1. The van der Waals surface area contributed by atoms with Gasteiger partial charge in [-0.05, 0) is 66.3 Å². The number of methoxy groups -OCH3 is 1. The Hall–Kier alpha value is -3.80. The molecule has 1 aliphatic carbocycles. The fourth-order valence-corrected chi connectivity index (χ4v) is 5.09. The second-order valence-electron chi connectivity index (χ2n) is 10.1. The standard InChI is InChI=1S/C31H37N3O3/c1-34(2)28-16-14-25(15-17-28)24-12-10-23(11-13-24)21-31(18-5-4-6-19-31)30(36)33-27-9-7-8-26(20-27)32-22-29(35)37-3/h7-17,20,32H,4-6,18-19,21-22H2,1-3H3,(H,33,36). The molecule has 0 heterocycles. The van der Waals surface area contributed by atoms with E-state index in [4.69, 9.17) is 0 Å². The fraction of sp³-hybridized carbons (Fsp3) is 0.355. The van der Waals surface area contributed by atoms with Gasteiger partial charge in [0.1, 0.15) is 6.54 Å². The van der Waals surface area contributed by atoms with Crippen molar-refractivity contribution in [2.24, 2.45) is 5.41 Å². The summed E-state index contributed by atoms with van der Waals surface area (Å²) in [6.07, 6.45) is 5.78. The lowest BCUT2D eigenvalue weighted by atomic mass is 9.69. The lowest BCUT2D eigenvalue weighted by Crippen LogP contribution is -2.40. The molecule has 0 unspecified atom stereocenters. The minimum absolute atomic E-state index is 0.0701. The van der Waals surface area contributed by atoms with Gasteiger partial charge in [0.15, 0.2) is 0 Å². The number of anilines is 3. The van der Waals surface area contributed by atoms with Crippen molar-refractivity contribution < 1.29 is 14.3 Å². The summed E-state index contributed by atoms with van der Waals surface area (Å²) in [7, 11) is 5.44. The van der Waals surface area contributed by atoms with Crippen LogP contribution in [-0.4, -0.2) is 39.6 Å². The Balaban J connectivity index is 1.47. The highest BCUT2D eigenvalue weighted by Gasteiger charge is 2.39. The number of hydrogen-bond donors (Lipinski definition) is 2.